The molecule has 0 saturated carbocycles. The smallest absolute Gasteiger partial charge is 0.311 e. The molecule has 26 heavy (non-hydrogen) atoms. The van der Waals surface area contributed by atoms with Crippen molar-refractivity contribution in [1.29, 1.82) is 0 Å². The minimum absolute atomic E-state index is 0.0482. The van der Waals surface area contributed by atoms with E-state index in [9.17, 15) is 4.79 Å². The van der Waals surface area contributed by atoms with Gasteiger partial charge in [0.15, 0.2) is 0 Å². The maximum atomic E-state index is 12.7. The lowest BCUT2D eigenvalue weighted by atomic mass is 9.83. The SMILES string of the molecule is CCOC(=O)[C@H]1[C@@H](c2ccc(OC)cc2)CN[C@H]1c1ccc(OC)cc1. The van der Waals surface area contributed by atoms with Crippen molar-refractivity contribution in [2.24, 2.45) is 5.92 Å². The summed E-state index contributed by atoms with van der Waals surface area (Å²) in [5.41, 5.74) is 2.16. The van der Waals surface area contributed by atoms with Gasteiger partial charge in [-0.3, -0.25) is 4.79 Å². The van der Waals surface area contributed by atoms with E-state index >= 15 is 0 Å². The van der Waals surface area contributed by atoms with Crippen LogP contribution in [-0.4, -0.2) is 33.3 Å². The maximum absolute atomic E-state index is 12.7. The third-order valence-corrected chi connectivity index (χ3v) is 4.93. The number of methoxy groups -OCH3 is 2. The van der Waals surface area contributed by atoms with Crippen molar-refractivity contribution in [3.8, 4) is 11.5 Å². The standard InChI is InChI=1S/C21H25NO4/c1-4-26-21(23)19-18(14-5-9-16(24-2)10-6-14)13-22-20(19)15-7-11-17(25-3)12-8-15/h5-12,18-20,22H,4,13H2,1-3H3/t18-,19+,20+/m1/s1. The van der Waals surface area contributed by atoms with Crippen molar-refractivity contribution in [1.82, 2.24) is 5.32 Å². The van der Waals surface area contributed by atoms with Crippen molar-refractivity contribution < 1.29 is 19.0 Å². The molecule has 1 aliphatic heterocycles. The Balaban J connectivity index is 1.90. The third kappa shape index (κ3) is 3.68. The number of hydrogen-bond acceptors (Lipinski definition) is 5. The summed E-state index contributed by atoms with van der Waals surface area (Å²) in [4.78, 5) is 12.7. The monoisotopic (exact) mass is 355 g/mol. The van der Waals surface area contributed by atoms with Gasteiger partial charge in [-0.05, 0) is 42.3 Å². The largest absolute Gasteiger partial charge is 0.497 e. The molecule has 2 aromatic rings. The van der Waals surface area contributed by atoms with Gasteiger partial charge in [0.25, 0.3) is 0 Å². The molecule has 0 bridgehead atoms. The first-order valence-corrected chi connectivity index (χ1v) is 8.85. The average Bonchev–Trinajstić information content (AvgIpc) is 3.13. The van der Waals surface area contributed by atoms with Crippen LogP contribution in [0.2, 0.25) is 0 Å². The molecule has 0 aromatic heterocycles. The summed E-state index contributed by atoms with van der Waals surface area (Å²) in [7, 11) is 3.29. The van der Waals surface area contributed by atoms with Crippen LogP contribution in [0.5, 0.6) is 11.5 Å². The van der Waals surface area contributed by atoms with Crippen LogP contribution in [0.4, 0.5) is 0 Å². The zero-order chi connectivity index (χ0) is 18.5. The quantitative estimate of drug-likeness (QED) is 0.806. The Bertz CT molecular complexity index is 671. The molecule has 1 aliphatic rings. The van der Waals surface area contributed by atoms with E-state index in [1.54, 1.807) is 14.2 Å². The first-order valence-electron chi connectivity index (χ1n) is 8.85. The first-order chi connectivity index (χ1) is 12.7. The fraction of sp³-hybridized carbons (Fsp3) is 0.381. The average molecular weight is 355 g/mol. The van der Waals surface area contributed by atoms with E-state index in [0.717, 1.165) is 22.6 Å². The Hall–Kier alpha value is -2.53. The predicted octanol–water partition coefficient (Wildman–Crippen LogP) is 3.31. The molecule has 1 heterocycles. The van der Waals surface area contributed by atoms with Gasteiger partial charge in [0, 0.05) is 18.5 Å². The van der Waals surface area contributed by atoms with E-state index in [-0.39, 0.29) is 23.8 Å². The molecule has 1 saturated heterocycles. The zero-order valence-electron chi connectivity index (χ0n) is 15.4. The van der Waals surface area contributed by atoms with Crippen molar-refractivity contribution in [3.63, 3.8) is 0 Å². The second kappa shape index (κ2) is 8.23. The number of nitrogens with one attached hydrogen (secondary N) is 1. The van der Waals surface area contributed by atoms with Crippen LogP contribution in [0.1, 0.15) is 30.0 Å². The van der Waals surface area contributed by atoms with E-state index in [4.69, 9.17) is 14.2 Å². The summed E-state index contributed by atoms with van der Waals surface area (Å²) in [6, 6.07) is 15.6. The molecule has 0 spiro atoms. The van der Waals surface area contributed by atoms with Crippen LogP contribution in [-0.2, 0) is 9.53 Å². The molecule has 5 heteroatoms. The number of benzene rings is 2. The number of carbonyl (C=O) groups is 1. The highest BCUT2D eigenvalue weighted by molar-refractivity contribution is 5.76. The summed E-state index contributed by atoms with van der Waals surface area (Å²) in [6.45, 7) is 2.93. The second-order valence-corrected chi connectivity index (χ2v) is 6.32. The summed E-state index contributed by atoms with van der Waals surface area (Å²) in [6.07, 6.45) is 0. The molecular weight excluding hydrogens is 330 g/mol. The molecule has 0 unspecified atom stereocenters. The normalized spacial score (nSPS) is 22.0. The van der Waals surface area contributed by atoms with Crippen molar-refractivity contribution in [2.45, 2.75) is 18.9 Å². The Morgan fingerprint density at radius 1 is 0.962 bits per heavy atom. The van der Waals surface area contributed by atoms with Crippen molar-refractivity contribution >= 4 is 5.97 Å². The summed E-state index contributed by atoms with van der Waals surface area (Å²) in [5.74, 6) is 1.20. The van der Waals surface area contributed by atoms with Gasteiger partial charge in [-0.25, -0.2) is 0 Å². The lowest BCUT2D eigenvalue weighted by molar-refractivity contribution is -0.148. The van der Waals surface area contributed by atoms with Gasteiger partial charge in [0.05, 0.1) is 26.7 Å². The van der Waals surface area contributed by atoms with E-state index in [2.05, 4.69) is 5.32 Å². The Morgan fingerprint density at radius 3 is 2.00 bits per heavy atom. The molecule has 1 fully saturated rings. The molecule has 0 aliphatic carbocycles. The molecule has 3 rings (SSSR count). The minimum atomic E-state index is -0.281. The van der Waals surface area contributed by atoms with E-state index in [1.165, 1.54) is 0 Å². The minimum Gasteiger partial charge on any atom is -0.497 e. The first kappa shape index (κ1) is 18.3. The Kier molecular flexibility index (Phi) is 5.78. The van der Waals surface area contributed by atoms with Crippen LogP contribution in [0.25, 0.3) is 0 Å². The lowest BCUT2D eigenvalue weighted by Gasteiger charge is -2.23. The maximum Gasteiger partial charge on any atom is 0.311 e. The Labute approximate surface area is 154 Å². The lowest BCUT2D eigenvalue weighted by Crippen LogP contribution is -2.27. The highest BCUT2D eigenvalue weighted by atomic mass is 16.5. The van der Waals surface area contributed by atoms with Gasteiger partial charge in [-0.1, -0.05) is 24.3 Å². The summed E-state index contributed by atoms with van der Waals surface area (Å²) < 4.78 is 15.9. The van der Waals surface area contributed by atoms with Gasteiger partial charge in [-0.2, -0.15) is 0 Å². The third-order valence-electron chi connectivity index (χ3n) is 4.93. The van der Waals surface area contributed by atoms with E-state index < -0.39 is 0 Å². The summed E-state index contributed by atoms with van der Waals surface area (Å²) in [5, 5.41) is 3.50. The molecule has 1 N–H and O–H groups in total. The van der Waals surface area contributed by atoms with Crippen LogP contribution in [0.3, 0.4) is 0 Å². The Morgan fingerprint density at radius 2 is 1.50 bits per heavy atom. The highest BCUT2D eigenvalue weighted by Crippen LogP contribution is 2.41. The molecular formula is C21H25NO4. The zero-order valence-corrected chi connectivity index (χ0v) is 15.4. The van der Waals surface area contributed by atoms with Gasteiger partial charge >= 0.3 is 5.97 Å². The van der Waals surface area contributed by atoms with Crippen LogP contribution in [0.15, 0.2) is 48.5 Å². The molecule has 3 atom stereocenters. The van der Waals surface area contributed by atoms with Crippen LogP contribution in [0, 0.1) is 5.92 Å². The van der Waals surface area contributed by atoms with Crippen LogP contribution < -0.4 is 14.8 Å². The van der Waals surface area contributed by atoms with Gasteiger partial charge in [0.2, 0.25) is 0 Å². The van der Waals surface area contributed by atoms with Crippen molar-refractivity contribution in [2.75, 3.05) is 27.4 Å². The molecule has 2 aromatic carbocycles. The molecule has 0 amide bonds. The molecule has 5 nitrogen and oxygen atoms in total. The van der Waals surface area contributed by atoms with Gasteiger partial charge in [-0.15, -0.1) is 0 Å². The van der Waals surface area contributed by atoms with Gasteiger partial charge in [0.1, 0.15) is 11.5 Å². The second-order valence-electron chi connectivity index (χ2n) is 6.32. The number of hydrogen-bond donors (Lipinski definition) is 1. The molecule has 138 valence electrons. The number of rotatable bonds is 6. The predicted molar refractivity (Wildman–Crippen MR) is 99.6 cm³/mol. The fourth-order valence-electron chi connectivity index (χ4n) is 3.59. The number of carbonyl (C=O) groups excluding carboxylic acids is 1. The van der Waals surface area contributed by atoms with Gasteiger partial charge < -0.3 is 19.5 Å². The van der Waals surface area contributed by atoms with Crippen LogP contribution >= 0.6 is 0 Å². The topological polar surface area (TPSA) is 56.8 Å². The number of esters is 1. The highest BCUT2D eigenvalue weighted by Gasteiger charge is 2.43. The van der Waals surface area contributed by atoms with Crippen molar-refractivity contribution in [3.05, 3.63) is 59.7 Å². The number of ether oxygens (including phenoxy) is 3. The molecule has 0 radical (unpaired) electrons. The van der Waals surface area contributed by atoms with E-state index in [0.29, 0.717) is 13.2 Å². The fourth-order valence-corrected chi connectivity index (χ4v) is 3.59. The summed E-state index contributed by atoms with van der Waals surface area (Å²) >= 11 is 0. The van der Waals surface area contributed by atoms with E-state index in [1.807, 2.05) is 55.5 Å².